The summed E-state index contributed by atoms with van der Waals surface area (Å²) in [6, 6.07) is -0.532. The molecule has 0 aliphatic rings. The zero-order chi connectivity index (χ0) is 18.8. The highest BCUT2D eigenvalue weighted by molar-refractivity contribution is 5.72. The molecule has 0 saturated carbocycles. The first-order chi connectivity index (χ1) is 12.1. The van der Waals surface area contributed by atoms with Gasteiger partial charge in [-0.05, 0) is 13.3 Å². The van der Waals surface area contributed by atoms with Crippen molar-refractivity contribution in [3.63, 3.8) is 0 Å². The fourth-order valence-corrected chi connectivity index (χ4v) is 3.31. The third-order valence-electron chi connectivity index (χ3n) is 4.99. The van der Waals surface area contributed by atoms with E-state index in [1.807, 2.05) is 0 Å². The Morgan fingerprint density at radius 1 is 0.760 bits per heavy atom. The number of rotatable bonds is 18. The minimum absolute atomic E-state index is 0.532. The molecule has 150 valence electrons. The van der Waals surface area contributed by atoms with Crippen molar-refractivity contribution in [2.75, 3.05) is 6.54 Å². The summed E-state index contributed by atoms with van der Waals surface area (Å²) in [4.78, 5) is 12.4. The lowest BCUT2D eigenvalue weighted by Crippen LogP contribution is -2.42. The molecule has 0 aromatic heterocycles. The van der Waals surface area contributed by atoms with E-state index in [-0.39, 0.29) is 0 Å². The van der Waals surface area contributed by atoms with E-state index in [9.17, 15) is 9.90 Å². The highest BCUT2D eigenvalue weighted by atomic mass is 16.3. The highest BCUT2D eigenvalue weighted by Crippen LogP contribution is 2.13. The molecule has 1 atom stereocenters. The third-order valence-corrected chi connectivity index (χ3v) is 4.99. The van der Waals surface area contributed by atoms with Crippen LogP contribution in [0.4, 0.5) is 4.79 Å². The first-order valence-electron chi connectivity index (χ1n) is 10.8. The molecule has 0 saturated heterocycles. The molecule has 1 unspecified atom stereocenters. The molecule has 0 aliphatic carbocycles. The van der Waals surface area contributed by atoms with Gasteiger partial charge in [0.05, 0.1) is 0 Å². The van der Waals surface area contributed by atoms with Gasteiger partial charge < -0.3 is 10.8 Å². The smallest absolute Gasteiger partial charge is 0.316 e. The standard InChI is InChI=1S/C21H44N2O2/c1-3-4-5-6-7-8-9-10-11-12-13-14-15-16-17-18-19-23(20(2)24)21(22)25/h20,24H,3-19H2,1-2H3,(H2,22,25). The lowest BCUT2D eigenvalue weighted by atomic mass is 10.0. The Bertz CT molecular complexity index is 296. The van der Waals surface area contributed by atoms with Crippen molar-refractivity contribution in [2.24, 2.45) is 5.73 Å². The molecule has 0 radical (unpaired) electrons. The van der Waals surface area contributed by atoms with Crippen molar-refractivity contribution in [3.05, 3.63) is 0 Å². The number of aliphatic hydroxyl groups excluding tert-OH is 1. The summed E-state index contributed by atoms with van der Waals surface area (Å²) in [6.07, 6.45) is 20.5. The van der Waals surface area contributed by atoms with E-state index < -0.39 is 12.3 Å². The maximum atomic E-state index is 11.1. The second kappa shape index (κ2) is 18.0. The molecule has 0 aromatic rings. The molecule has 0 rings (SSSR count). The normalized spacial score (nSPS) is 12.3. The molecule has 0 aromatic carbocycles. The van der Waals surface area contributed by atoms with Crippen LogP contribution in [-0.4, -0.2) is 28.8 Å². The van der Waals surface area contributed by atoms with E-state index in [1.54, 1.807) is 6.92 Å². The van der Waals surface area contributed by atoms with Crippen LogP contribution in [0.1, 0.15) is 117 Å². The minimum Gasteiger partial charge on any atom is -0.374 e. The molecule has 0 spiro atoms. The number of primary amides is 1. The van der Waals surface area contributed by atoms with Crippen LogP contribution >= 0.6 is 0 Å². The molecule has 0 heterocycles. The Morgan fingerprint density at radius 3 is 1.36 bits per heavy atom. The molecule has 4 heteroatoms. The second-order valence-electron chi connectivity index (χ2n) is 7.47. The molecule has 0 fully saturated rings. The van der Waals surface area contributed by atoms with Crippen LogP contribution in [0.5, 0.6) is 0 Å². The monoisotopic (exact) mass is 356 g/mol. The third kappa shape index (κ3) is 16.4. The number of hydrogen-bond acceptors (Lipinski definition) is 2. The van der Waals surface area contributed by atoms with E-state index in [0.29, 0.717) is 6.54 Å². The average Bonchev–Trinajstić information content (AvgIpc) is 2.57. The lowest BCUT2D eigenvalue weighted by molar-refractivity contribution is 0.0477. The number of amides is 2. The van der Waals surface area contributed by atoms with Crippen molar-refractivity contribution >= 4 is 6.03 Å². The summed E-state index contributed by atoms with van der Waals surface area (Å²) < 4.78 is 0. The van der Waals surface area contributed by atoms with Crippen LogP contribution < -0.4 is 5.73 Å². The molecular formula is C21H44N2O2. The van der Waals surface area contributed by atoms with E-state index >= 15 is 0 Å². The topological polar surface area (TPSA) is 66.6 Å². The number of urea groups is 1. The lowest BCUT2D eigenvalue weighted by Gasteiger charge is -2.23. The molecule has 0 aliphatic heterocycles. The highest BCUT2D eigenvalue weighted by Gasteiger charge is 2.13. The SMILES string of the molecule is CCCCCCCCCCCCCCCCCCN(C(N)=O)C(C)O. The fraction of sp³-hybridized carbons (Fsp3) is 0.952. The molecule has 4 nitrogen and oxygen atoms in total. The summed E-state index contributed by atoms with van der Waals surface area (Å²) in [6.45, 7) is 4.41. The van der Waals surface area contributed by atoms with Crippen molar-refractivity contribution < 1.29 is 9.90 Å². The molecule has 25 heavy (non-hydrogen) atoms. The Morgan fingerprint density at radius 2 is 1.08 bits per heavy atom. The number of carbonyl (C=O) groups excluding carboxylic acids is 1. The van der Waals surface area contributed by atoms with Gasteiger partial charge in [-0.1, -0.05) is 103 Å². The summed E-state index contributed by atoms with van der Waals surface area (Å²) in [5, 5.41) is 9.43. The van der Waals surface area contributed by atoms with Gasteiger partial charge in [0, 0.05) is 6.54 Å². The van der Waals surface area contributed by atoms with Crippen LogP contribution in [0, 0.1) is 0 Å². The molecular weight excluding hydrogens is 312 g/mol. The quantitative estimate of drug-likeness (QED) is 0.235. The first-order valence-corrected chi connectivity index (χ1v) is 10.8. The van der Waals surface area contributed by atoms with Gasteiger partial charge in [0.2, 0.25) is 0 Å². The maximum Gasteiger partial charge on any atom is 0.316 e. The van der Waals surface area contributed by atoms with Gasteiger partial charge in [-0.25, -0.2) is 4.79 Å². The predicted octanol–water partition coefficient (Wildman–Crippen LogP) is 5.97. The maximum absolute atomic E-state index is 11.1. The number of carbonyl (C=O) groups is 1. The van der Waals surface area contributed by atoms with E-state index in [0.717, 1.165) is 12.8 Å². The summed E-state index contributed by atoms with van der Waals surface area (Å²) in [7, 11) is 0. The Balaban J connectivity index is 3.20. The first kappa shape index (κ1) is 24.2. The number of nitrogens with two attached hydrogens (primary N) is 1. The van der Waals surface area contributed by atoms with Gasteiger partial charge in [-0.2, -0.15) is 0 Å². The fourth-order valence-electron chi connectivity index (χ4n) is 3.31. The van der Waals surface area contributed by atoms with Crippen LogP contribution in [0.3, 0.4) is 0 Å². The van der Waals surface area contributed by atoms with Crippen LogP contribution in [0.15, 0.2) is 0 Å². The largest absolute Gasteiger partial charge is 0.374 e. The summed E-state index contributed by atoms with van der Waals surface area (Å²) in [5.74, 6) is 0. The summed E-state index contributed by atoms with van der Waals surface area (Å²) >= 11 is 0. The minimum atomic E-state index is -0.783. The number of unbranched alkanes of at least 4 members (excludes halogenated alkanes) is 15. The van der Waals surface area contributed by atoms with Crippen LogP contribution in [0.25, 0.3) is 0 Å². The molecule has 2 amide bonds. The van der Waals surface area contributed by atoms with Gasteiger partial charge in [0.15, 0.2) is 0 Å². The molecule has 0 bridgehead atoms. The zero-order valence-electron chi connectivity index (χ0n) is 17.0. The van der Waals surface area contributed by atoms with Crippen molar-refractivity contribution in [2.45, 2.75) is 123 Å². The number of hydrogen-bond donors (Lipinski definition) is 2. The number of nitrogens with zero attached hydrogens (tertiary/aromatic N) is 1. The number of aliphatic hydroxyl groups is 1. The van der Waals surface area contributed by atoms with Gasteiger partial charge >= 0.3 is 6.03 Å². The van der Waals surface area contributed by atoms with Gasteiger partial charge in [0.1, 0.15) is 6.23 Å². The Hall–Kier alpha value is -0.770. The van der Waals surface area contributed by atoms with Crippen molar-refractivity contribution in [1.29, 1.82) is 0 Å². The molecule has 3 N–H and O–H groups in total. The predicted molar refractivity (Wildman–Crippen MR) is 108 cm³/mol. The zero-order valence-corrected chi connectivity index (χ0v) is 17.0. The van der Waals surface area contributed by atoms with Crippen molar-refractivity contribution in [1.82, 2.24) is 4.90 Å². The Labute approximate surface area is 156 Å². The van der Waals surface area contributed by atoms with Gasteiger partial charge in [0.25, 0.3) is 0 Å². The van der Waals surface area contributed by atoms with Gasteiger partial charge in [-0.3, -0.25) is 4.90 Å². The van der Waals surface area contributed by atoms with Crippen molar-refractivity contribution in [3.8, 4) is 0 Å². The van der Waals surface area contributed by atoms with Crippen LogP contribution in [-0.2, 0) is 0 Å². The van der Waals surface area contributed by atoms with E-state index in [2.05, 4.69) is 6.92 Å². The van der Waals surface area contributed by atoms with E-state index in [4.69, 9.17) is 5.73 Å². The van der Waals surface area contributed by atoms with Crippen LogP contribution in [0.2, 0.25) is 0 Å². The van der Waals surface area contributed by atoms with Gasteiger partial charge in [-0.15, -0.1) is 0 Å². The average molecular weight is 357 g/mol. The second-order valence-corrected chi connectivity index (χ2v) is 7.47. The van der Waals surface area contributed by atoms with E-state index in [1.165, 1.54) is 94.8 Å². The Kier molecular flexibility index (Phi) is 17.5. The summed E-state index contributed by atoms with van der Waals surface area (Å²) in [5.41, 5.74) is 5.23.